The first-order valence-corrected chi connectivity index (χ1v) is 5.36. The van der Waals surface area contributed by atoms with E-state index in [0.717, 1.165) is 25.8 Å². The van der Waals surface area contributed by atoms with Crippen molar-refractivity contribution in [3.05, 3.63) is 0 Å². The normalized spacial score (nSPS) is 22.5. The second-order valence-corrected chi connectivity index (χ2v) is 3.91. The third-order valence-electron chi connectivity index (χ3n) is 2.82. The Morgan fingerprint density at radius 2 is 2.27 bits per heavy atom. The number of rotatable bonds is 3. The SMILES string of the molecule is CCC1CCCN1C(=O)N[C@@H](C)C(=O)O. The van der Waals surface area contributed by atoms with E-state index in [-0.39, 0.29) is 12.1 Å². The predicted molar refractivity (Wildman–Crippen MR) is 55.6 cm³/mol. The maximum Gasteiger partial charge on any atom is 0.325 e. The summed E-state index contributed by atoms with van der Waals surface area (Å²) < 4.78 is 0. The van der Waals surface area contributed by atoms with Gasteiger partial charge in [-0.2, -0.15) is 0 Å². The largest absolute Gasteiger partial charge is 0.480 e. The second-order valence-electron chi connectivity index (χ2n) is 3.91. The van der Waals surface area contributed by atoms with Gasteiger partial charge in [0.15, 0.2) is 0 Å². The van der Waals surface area contributed by atoms with Crippen molar-refractivity contribution >= 4 is 12.0 Å². The lowest BCUT2D eigenvalue weighted by atomic mass is 10.2. The number of amides is 2. The molecule has 1 heterocycles. The summed E-state index contributed by atoms with van der Waals surface area (Å²) in [4.78, 5) is 24.0. The molecular weight excluding hydrogens is 196 g/mol. The fourth-order valence-corrected chi connectivity index (χ4v) is 1.86. The van der Waals surface area contributed by atoms with Crippen LogP contribution in [-0.2, 0) is 4.79 Å². The number of nitrogens with one attached hydrogen (secondary N) is 1. The van der Waals surface area contributed by atoms with Gasteiger partial charge in [-0.25, -0.2) is 4.79 Å². The number of carbonyl (C=O) groups excluding carboxylic acids is 1. The van der Waals surface area contributed by atoms with Gasteiger partial charge < -0.3 is 15.3 Å². The number of hydrogen-bond acceptors (Lipinski definition) is 2. The lowest BCUT2D eigenvalue weighted by Crippen LogP contribution is -2.48. The van der Waals surface area contributed by atoms with E-state index in [1.54, 1.807) is 4.90 Å². The van der Waals surface area contributed by atoms with Crippen molar-refractivity contribution in [2.75, 3.05) is 6.54 Å². The molecule has 0 aliphatic carbocycles. The maximum atomic E-state index is 11.7. The Bertz CT molecular complexity index is 255. The standard InChI is InChI=1S/C10H18N2O3/c1-3-8-5-4-6-12(8)10(15)11-7(2)9(13)14/h7-8H,3-6H2,1-2H3,(H,11,15)(H,13,14)/t7-,8?/m0/s1. The van der Waals surface area contributed by atoms with Crippen LogP contribution in [0.1, 0.15) is 33.1 Å². The molecular formula is C10H18N2O3. The highest BCUT2D eigenvalue weighted by molar-refractivity contribution is 5.82. The third-order valence-corrected chi connectivity index (χ3v) is 2.82. The molecule has 1 aliphatic heterocycles. The zero-order valence-electron chi connectivity index (χ0n) is 9.19. The highest BCUT2D eigenvalue weighted by atomic mass is 16.4. The minimum absolute atomic E-state index is 0.255. The molecule has 86 valence electrons. The average molecular weight is 214 g/mol. The first-order chi connectivity index (χ1) is 7.06. The number of likely N-dealkylation sites (tertiary alicyclic amines) is 1. The molecule has 2 atom stereocenters. The topological polar surface area (TPSA) is 69.6 Å². The number of nitrogens with zero attached hydrogens (tertiary/aromatic N) is 1. The van der Waals surface area contributed by atoms with Crippen molar-refractivity contribution in [1.82, 2.24) is 10.2 Å². The lowest BCUT2D eigenvalue weighted by Gasteiger charge is -2.24. The summed E-state index contributed by atoms with van der Waals surface area (Å²) >= 11 is 0. The van der Waals surface area contributed by atoms with Crippen LogP contribution in [0.3, 0.4) is 0 Å². The average Bonchev–Trinajstić information content (AvgIpc) is 2.64. The second kappa shape index (κ2) is 5.00. The van der Waals surface area contributed by atoms with E-state index in [1.165, 1.54) is 6.92 Å². The maximum absolute atomic E-state index is 11.7. The number of carboxylic acid groups (broad SMARTS) is 1. The molecule has 0 radical (unpaired) electrons. The Balaban J connectivity index is 2.49. The van der Waals surface area contributed by atoms with Gasteiger partial charge in [-0.15, -0.1) is 0 Å². The van der Waals surface area contributed by atoms with Crippen molar-refractivity contribution in [2.24, 2.45) is 0 Å². The van der Waals surface area contributed by atoms with Crippen molar-refractivity contribution in [2.45, 2.75) is 45.2 Å². The Kier molecular flexibility index (Phi) is 3.94. The number of carbonyl (C=O) groups is 2. The van der Waals surface area contributed by atoms with E-state index in [9.17, 15) is 9.59 Å². The van der Waals surface area contributed by atoms with Gasteiger partial charge in [-0.1, -0.05) is 6.92 Å². The summed E-state index contributed by atoms with van der Waals surface area (Å²) in [5.74, 6) is -1.00. The van der Waals surface area contributed by atoms with Crippen LogP contribution in [-0.4, -0.2) is 40.6 Å². The Labute approximate surface area is 89.4 Å². The summed E-state index contributed by atoms with van der Waals surface area (Å²) in [6.45, 7) is 4.24. The van der Waals surface area contributed by atoms with E-state index in [1.807, 2.05) is 6.92 Å². The highest BCUT2D eigenvalue weighted by Crippen LogP contribution is 2.19. The van der Waals surface area contributed by atoms with Crippen LogP contribution in [0.4, 0.5) is 4.79 Å². The van der Waals surface area contributed by atoms with Gasteiger partial charge >= 0.3 is 12.0 Å². The molecule has 1 rings (SSSR count). The molecule has 0 spiro atoms. The molecule has 0 saturated carbocycles. The molecule has 0 aromatic heterocycles. The number of carboxylic acids is 1. The fraction of sp³-hybridized carbons (Fsp3) is 0.800. The molecule has 2 N–H and O–H groups in total. The summed E-state index contributed by atoms with van der Waals surface area (Å²) in [6.07, 6.45) is 2.95. The molecule has 1 aliphatic rings. The van der Waals surface area contributed by atoms with Gasteiger partial charge in [0.2, 0.25) is 0 Å². The number of urea groups is 1. The molecule has 5 heteroatoms. The zero-order chi connectivity index (χ0) is 11.4. The van der Waals surface area contributed by atoms with Gasteiger partial charge in [-0.3, -0.25) is 4.79 Å². The summed E-state index contributed by atoms with van der Waals surface area (Å²) in [7, 11) is 0. The summed E-state index contributed by atoms with van der Waals surface area (Å²) in [5.41, 5.74) is 0. The summed E-state index contributed by atoms with van der Waals surface area (Å²) in [5, 5.41) is 11.1. The van der Waals surface area contributed by atoms with Crippen LogP contribution in [0.25, 0.3) is 0 Å². The van der Waals surface area contributed by atoms with E-state index >= 15 is 0 Å². The zero-order valence-corrected chi connectivity index (χ0v) is 9.19. The van der Waals surface area contributed by atoms with Crippen molar-refractivity contribution in [3.63, 3.8) is 0 Å². The van der Waals surface area contributed by atoms with Gasteiger partial charge in [0.1, 0.15) is 6.04 Å². The number of hydrogen-bond donors (Lipinski definition) is 2. The molecule has 5 nitrogen and oxygen atoms in total. The van der Waals surface area contributed by atoms with Crippen molar-refractivity contribution in [1.29, 1.82) is 0 Å². The first kappa shape index (κ1) is 11.8. The van der Waals surface area contributed by atoms with Crippen LogP contribution in [0, 0.1) is 0 Å². The van der Waals surface area contributed by atoms with Gasteiger partial charge in [0, 0.05) is 12.6 Å². The van der Waals surface area contributed by atoms with Gasteiger partial charge in [-0.05, 0) is 26.2 Å². The van der Waals surface area contributed by atoms with Crippen molar-refractivity contribution in [3.8, 4) is 0 Å². The fourth-order valence-electron chi connectivity index (χ4n) is 1.86. The van der Waals surface area contributed by atoms with Crippen molar-refractivity contribution < 1.29 is 14.7 Å². The minimum atomic E-state index is -1.00. The van der Waals surface area contributed by atoms with Gasteiger partial charge in [0.25, 0.3) is 0 Å². The quantitative estimate of drug-likeness (QED) is 0.737. The van der Waals surface area contributed by atoms with Crippen LogP contribution in [0.5, 0.6) is 0 Å². The molecule has 0 aromatic rings. The first-order valence-electron chi connectivity index (χ1n) is 5.36. The molecule has 1 unspecified atom stereocenters. The molecule has 2 amide bonds. The molecule has 1 saturated heterocycles. The smallest absolute Gasteiger partial charge is 0.325 e. The van der Waals surface area contributed by atoms with E-state index in [2.05, 4.69) is 5.32 Å². The molecule has 0 bridgehead atoms. The third kappa shape index (κ3) is 2.84. The van der Waals surface area contributed by atoms with Crippen LogP contribution >= 0.6 is 0 Å². The summed E-state index contributed by atoms with van der Waals surface area (Å²) in [6, 6.07) is -0.809. The molecule has 15 heavy (non-hydrogen) atoms. The molecule has 0 aromatic carbocycles. The monoisotopic (exact) mass is 214 g/mol. The lowest BCUT2D eigenvalue weighted by molar-refractivity contribution is -0.138. The Morgan fingerprint density at radius 1 is 1.60 bits per heavy atom. The highest BCUT2D eigenvalue weighted by Gasteiger charge is 2.28. The Morgan fingerprint density at radius 3 is 2.80 bits per heavy atom. The van der Waals surface area contributed by atoms with E-state index in [4.69, 9.17) is 5.11 Å². The van der Waals surface area contributed by atoms with Crippen LogP contribution in [0.2, 0.25) is 0 Å². The molecule has 1 fully saturated rings. The minimum Gasteiger partial charge on any atom is -0.480 e. The number of aliphatic carboxylic acids is 1. The van der Waals surface area contributed by atoms with E-state index in [0.29, 0.717) is 0 Å². The van der Waals surface area contributed by atoms with Crippen LogP contribution < -0.4 is 5.32 Å². The Hall–Kier alpha value is -1.26. The van der Waals surface area contributed by atoms with Crippen LogP contribution in [0.15, 0.2) is 0 Å². The van der Waals surface area contributed by atoms with Gasteiger partial charge in [0.05, 0.1) is 0 Å². The predicted octanol–water partition coefficient (Wildman–Crippen LogP) is 1.04. The van der Waals surface area contributed by atoms with E-state index < -0.39 is 12.0 Å².